The van der Waals surface area contributed by atoms with Gasteiger partial charge in [-0.25, -0.2) is 4.79 Å². The Morgan fingerprint density at radius 2 is 1.95 bits per heavy atom. The molecule has 0 saturated carbocycles. The van der Waals surface area contributed by atoms with Crippen LogP contribution in [0.15, 0.2) is 34.9 Å². The van der Waals surface area contributed by atoms with Crippen molar-refractivity contribution in [2.75, 3.05) is 24.3 Å². The van der Waals surface area contributed by atoms with Crippen LogP contribution < -0.4 is 10.2 Å². The Hall–Kier alpha value is -2.76. The van der Waals surface area contributed by atoms with Crippen LogP contribution >= 0.6 is 0 Å². The van der Waals surface area contributed by atoms with Crippen LogP contribution in [0, 0.1) is 6.92 Å². The summed E-state index contributed by atoms with van der Waals surface area (Å²) in [7, 11) is 3.83. The normalized spacial score (nSPS) is 10.2. The lowest BCUT2D eigenvalue weighted by Crippen LogP contribution is -2.13. The minimum atomic E-state index is -1.14. The van der Waals surface area contributed by atoms with Gasteiger partial charge < -0.3 is 19.7 Å². The van der Waals surface area contributed by atoms with Gasteiger partial charge in [-0.2, -0.15) is 0 Å². The molecule has 1 aromatic carbocycles. The third-order valence-electron chi connectivity index (χ3n) is 3.02. The molecule has 6 nitrogen and oxygen atoms in total. The highest BCUT2D eigenvalue weighted by molar-refractivity contribution is 6.04. The van der Waals surface area contributed by atoms with E-state index < -0.39 is 11.9 Å². The van der Waals surface area contributed by atoms with E-state index in [1.807, 2.05) is 38.1 Å². The Labute approximate surface area is 122 Å². The minimum absolute atomic E-state index is 0.0422. The lowest BCUT2D eigenvalue weighted by Gasteiger charge is -2.17. The third-order valence-corrected chi connectivity index (χ3v) is 3.02. The lowest BCUT2D eigenvalue weighted by atomic mass is 10.1. The summed E-state index contributed by atoms with van der Waals surface area (Å²) < 4.78 is 4.96. The largest absolute Gasteiger partial charge is 0.478 e. The number of nitrogens with one attached hydrogen (secondary N) is 1. The van der Waals surface area contributed by atoms with Crippen LogP contribution in [0.25, 0.3) is 0 Å². The smallest absolute Gasteiger partial charge is 0.338 e. The van der Waals surface area contributed by atoms with Gasteiger partial charge >= 0.3 is 5.97 Å². The predicted molar refractivity (Wildman–Crippen MR) is 79.1 cm³/mol. The second-order valence-electron chi connectivity index (χ2n) is 4.85. The molecule has 110 valence electrons. The summed E-state index contributed by atoms with van der Waals surface area (Å²) in [5.74, 6) is -1.67. The van der Waals surface area contributed by atoms with E-state index in [-0.39, 0.29) is 11.3 Å². The monoisotopic (exact) mass is 288 g/mol. The number of anilines is 2. The quantitative estimate of drug-likeness (QED) is 0.903. The van der Waals surface area contributed by atoms with Crippen molar-refractivity contribution in [2.45, 2.75) is 6.92 Å². The van der Waals surface area contributed by atoms with Crippen molar-refractivity contribution in [1.29, 1.82) is 0 Å². The van der Waals surface area contributed by atoms with Crippen LogP contribution in [0.2, 0.25) is 0 Å². The maximum absolute atomic E-state index is 12.0. The van der Waals surface area contributed by atoms with Gasteiger partial charge in [-0.1, -0.05) is 6.07 Å². The number of amides is 1. The van der Waals surface area contributed by atoms with Crippen LogP contribution in [0.4, 0.5) is 11.4 Å². The van der Waals surface area contributed by atoms with Crippen LogP contribution in [0.1, 0.15) is 26.5 Å². The van der Waals surface area contributed by atoms with E-state index >= 15 is 0 Å². The van der Waals surface area contributed by atoms with E-state index in [4.69, 9.17) is 9.52 Å². The average molecular weight is 288 g/mol. The molecular weight excluding hydrogens is 272 g/mol. The first-order valence-electron chi connectivity index (χ1n) is 6.29. The van der Waals surface area contributed by atoms with Gasteiger partial charge in [-0.05, 0) is 24.6 Å². The molecule has 2 N–H and O–H groups in total. The number of aromatic carboxylic acids is 1. The molecule has 6 heteroatoms. The Balaban J connectivity index is 2.19. The number of nitrogens with zero attached hydrogens (tertiary/aromatic N) is 1. The van der Waals surface area contributed by atoms with E-state index in [9.17, 15) is 9.59 Å². The molecule has 1 aromatic heterocycles. The van der Waals surface area contributed by atoms with Gasteiger partial charge in [0, 0.05) is 31.5 Å². The first-order valence-corrected chi connectivity index (χ1v) is 6.29. The van der Waals surface area contributed by atoms with E-state index in [2.05, 4.69) is 5.32 Å². The molecule has 0 unspecified atom stereocenters. The molecule has 1 heterocycles. The summed E-state index contributed by atoms with van der Waals surface area (Å²) in [5.41, 5.74) is 2.63. The Morgan fingerprint density at radius 3 is 2.52 bits per heavy atom. The summed E-state index contributed by atoms with van der Waals surface area (Å²) in [6.07, 6.45) is 1.04. The zero-order chi connectivity index (χ0) is 15.6. The molecular formula is C15H16N2O4. The van der Waals surface area contributed by atoms with E-state index in [0.29, 0.717) is 5.69 Å². The van der Waals surface area contributed by atoms with Gasteiger partial charge in [0.2, 0.25) is 0 Å². The summed E-state index contributed by atoms with van der Waals surface area (Å²) in [6.45, 7) is 1.98. The Kier molecular flexibility index (Phi) is 3.98. The van der Waals surface area contributed by atoms with Gasteiger partial charge in [-0.3, -0.25) is 4.79 Å². The lowest BCUT2D eigenvalue weighted by molar-refractivity contribution is 0.0696. The summed E-state index contributed by atoms with van der Waals surface area (Å²) in [4.78, 5) is 24.7. The fourth-order valence-corrected chi connectivity index (χ4v) is 1.93. The first kappa shape index (κ1) is 14.6. The molecule has 0 spiro atoms. The van der Waals surface area contributed by atoms with Gasteiger partial charge in [0.05, 0.1) is 5.56 Å². The van der Waals surface area contributed by atoms with Crippen LogP contribution in [-0.4, -0.2) is 31.1 Å². The number of rotatable bonds is 4. The summed E-state index contributed by atoms with van der Waals surface area (Å²) in [5, 5.41) is 11.5. The topological polar surface area (TPSA) is 82.8 Å². The standard InChI is InChI=1S/C15H16N2O4/c1-9-4-5-11(7-12(9)17(2)3)16-14(18)13-6-10(8-21-13)15(19)20/h4-8H,1-3H3,(H,16,18)(H,19,20). The molecule has 0 aliphatic rings. The molecule has 0 aliphatic heterocycles. The van der Waals surface area contributed by atoms with Crippen molar-refractivity contribution in [3.05, 3.63) is 47.4 Å². The van der Waals surface area contributed by atoms with Gasteiger partial charge in [0.25, 0.3) is 5.91 Å². The van der Waals surface area contributed by atoms with Crippen LogP contribution in [-0.2, 0) is 0 Å². The fourth-order valence-electron chi connectivity index (χ4n) is 1.93. The number of hydrogen-bond acceptors (Lipinski definition) is 4. The molecule has 0 bridgehead atoms. The van der Waals surface area contributed by atoms with Crippen LogP contribution in [0.5, 0.6) is 0 Å². The molecule has 0 aliphatic carbocycles. The Morgan fingerprint density at radius 1 is 1.24 bits per heavy atom. The number of furan rings is 1. The highest BCUT2D eigenvalue weighted by Crippen LogP contribution is 2.23. The number of carbonyl (C=O) groups excluding carboxylic acids is 1. The second-order valence-corrected chi connectivity index (χ2v) is 4.85. The molecule has 0 atom stereocenters. The SMILES string of the molecule is Cc1ccc(NC(=O)c2cc(C(=O)O)co2)cc1N(C)C. The van der Waals surface area contributed by atoms with Crippen molar-refractivity contribution < 1.29 is 19.1 Å². The van der Waals surface area contributed by atoms with Crippen molar-refractivity contribution in [2.24, 2.45) is 0 Å². The van der Waals surface area contributed by atoms with Crippen molar-refractivity contribution in [3.8, 4) is 0 Å². The number of carboxylic acid groups (broad SMARTS) is 1. The molecule has 0 fully saturated rings. The van der Waals surface area contributed by atoms with Crippen molar-refractivity contribution in [3.63, 3.8) is 0 Å². The molecule has 1 amide bonds. The number of hydrogen-bond donors (Lipinski definition) is 2. The molecule has 2 aromatic rings. The van der Waals surface area contributed by atoms with Gasteiger partial charge in [0.1, 0.15) is 6.26 Å². The number of carbonyl (C=O) groups is 2. The first-order chi connectivity index (χ1) is 9.88. The zero-order valence-electron chi connectivity index (χ0n) is 12.0. The molecule has 2 rings (SSSR count). The van der Waals surface area contributed by atoms with Gasteiger partial charge in [0.15, 0.2) is 5.76 Å². The number of carboxylic acids is 1. The highest BCUT2D eigenvalue weighted by atomic mass is 16.4. The van der Waals surface area contributed by atoms with Gasteiger partial charge in [-0.15, -0.1) is 0 Å². The molecule has 0 saturated heterocycles. The highest BCUT2D eigenvalue weighted by Gasteiger charge is 2.15. The predicted octanol–water partition coefficient (Wildman–Crippen LogP) is 2.60. The number of aryl methyl sites for hydroxylation is 1. The van der Waals surface area contributed by atoms with E-state index in [1.54, 1.807) is 6.07 Å². The van der Waals surface area contributed by atoms with Crippen molar-refractivity contribution >= 4 is 23.3 Å². The second kappa shape index (κ2) is 5.70. The fraction of sp³-hybridized carbons (Fsp3) is 0.200. The average Bonchev–Trinajstić information content (AvgIpc) is 2.90. The van der Waals surface area contributed by atoms with Crippen LogP contribution in [0.3, 0.4) is 0 Å². The third kappa shape index (κ3) is 3.22. The number of benzene rings is 1. The minimum Gasteiger partial charge on any atom is -0.478 e. The summed E-state index contributed by atoms with van der Waals surface area (Å²) >= 11 is 0. The summed E-state index contributed by atoms with van der Waals surface area (Å²) in [6, 6.07) is 6.71. The van der Waals surface area contributed by atoms with Crippen molar-refractivity contribution in [1.82, 2.24) is 0 Å². The van der Waals surface area contributed by atoms with E-state index in [1.165, 1.54) is 6.07 Å². The molecule has 0 radical (unpaired) electrons. The zero-order valence-corrected chi connectivity index (χ0v) is 12.0. The molecule has 21 heavy (non-hydrogen) atoms. The Bertz CT molecular complexity index is 689. The maximum atomic E-state index is 12.0. The van der Waals surface area contributed by atoms with E-state index in [0.717, 1.165) is 17.5 Å². The maximum Gasteiger partial charge on any atom is 0.338 e.